The van der Waals surface area contributed by atoms with Gasteiger partial charge < -0.3 is 24.1 Å². The number of methoxy groups -OCH3 is 4. The highest BCUT2D eigenvalue weighted by molar-refractivity contribution is 7.59. The number of halogens is 2. The van der Waals surface area contributed by atoms with Crippen molar-refractivity contribution in [3.63, 3.8) is 0 Å². The third kappa shape index (κ3) is 6.62. The molecule has 4 rings (SSSR count). The number of ether oxygens (including phenoxy) is 4. The van der Waals surface area contributed by atoms with Crippen molar-refractivity contribution in [1.82, 2.24) is 4.42 Å². The number of nitrogens with zero attached hydrogens (tertiary/aromatic N) is 2. The minimum Gasteiger partial charge on any atom is -0.493 e. The molecule has 7 nitrogen and oxygen atoms in total. The maximum absolute atomic E-state index is 9.32. The van der Waals surface area contributed by atoms with Gasteiger partial charge in [0.1, 0.15) is 0 Å². The first kappa shape index (κ1) is 29.7. The number of hydrogen-bond acceptors (Lipinski definition) is 7. The topological polar surface area (TPSA) is 72.8 Å². The van der Waals surface area contributed by atoms with Crippen LogP contribution in [0.5, 0.6) is 23.0 Å². The Hall–Kier alpha value is -2.52. The first-order valence-corrected chi connectivity index (χ1v) is 11.8. The lowest BCUT2D eigenvalue weighted by molar-refractivity contribution is 0.353. The molecule has 2 aliphatic heterocycles. The minimum absolute atomic E-state index is 0. The van der Waals surface area contributed by atoms with E-state index in [4.69, 9.17) is 42.3 Å². The van der Waals surface area contributed by atoms with Gasteiger partial charge in [0.15, 0.2) is 23.0 Å². The molecule has 0 saturated heterocycles. The number of hydrogen-bond donors (Lipinski definition) is 1. The van der Waals surface area contributed by atoms with Gasteiger partial charge in [-0.05, 0) is 54.7 Å². The van der Waals surface area contributed by atoms with Crippen LogP contribution in [0.4, 0.5) is 0 Å². The van der Waals surface area contributed by atoms with Crippen LogP contribution in [0.15, 0.2) is 47.1 Å². The van der Waals surface area contributed by atoms with E-state index in [1.54, 1.807) is 39.1 Å². The number of fused-ring (bicyclic) bond motifs is 2. The Kier molecular flexibility index (Phi) is 11.8. The largest absolute Gasteiger partial charge is 0.493 e. The molecule has 36 heavy (non-hydrogen) atoms. The monoisotopic (exact) mass is 558 g/mol. The molecule has 0 aromatic heterocycles. The van der Waals surface area contributed by atoms with Crippen molar-refractivity contribution in [3.8, 4) is 23.0 Å². The molecule has 2 aliphatic rings. The molecule has 0 radical (unpaired) electrons. The van der Waals surface area contributed by atoms with E-state index in [-0.39, 0.29) is 21.5 Å². The van der Waals surface area contributed by atoms with Crippen LogP contribution in [-0.2, 0) is 12.8 Å². The van der Waals surface area contributed by atoms with Crippen molar-refractivity contribution in [3.05, 3.63) is 64.3 Å². The van der Waals surface area contributed by atoms with Crippen molar-refractivity contribution >= 4 is 48.3 Å². The normalized spacial score (nSPS) is 15.1. The van der Waals surface area contributed by atoms with E-state index in [2.05, 4.69) is 4.99 Å². The number of aliphatic hydroxyl groups is 1. The number of aliphatic imine (C=N–C) groups is 1. The summed E-state index contributed by atoms with van der Waals surface area (Å²) >= 11 is 12.1. The second kappa shape index (κ2) is 14.3. The standard InChI is InChI=1S/C13H15Cl2NO2.C13H15NO3.H2S.H2/c1-17-12-6-9-4-3-5-16(15)11(8-14)10(9)7-13(12)18-2;1-16-12-6-9-4-3-5-14-11(8-15)10(9)7-13(12)17-2;;/h6-8H,3-5H2,1-2H3;3,5-7,15H,4,8H2,1-2H3;1H2;1H/b11-8-;;;/i;;;1+2. The molecule has 1 N–H and O–H groups in total. The zero-order valence-electron chi connectivity index (χ0n) is 20.8. The Bertz CT molecular complexity index is 1140. The Labute approximate surface area is 231 Å². The van der Waals surface area contributed by atoms with Crippen LogP contribution in [-0.4, -0.2) is 56.8 Å². The van der Waals surface area contributed by atoms with Gasteiger partial charge in [-0.1, -0.05) is 17.7 Å². The molecule has 0 fully saturated rings. The van der Waals surface area contributed by atoms with Crippen LogP contribution in [0.1, 0.15) is 30.1 Å². The highest BCUT2D eigenvalue weighted by Crippen LogP contribution is 2.38. The molecule has 2 heterocycles. The second-order valence-electron chi connectivity index (χ2n) is 7.74. The molecule has 0 amide bonds. The fourth-order valence-electron chi connectivity index (χ4n) is 4.01. The summed E-state index contributed by atoms with van der Waals surface area (Å²) in [6.45, 7) is 0.673. The summed E-state index contributed by atoms with van der Waals surface area (Å²) in [7, 11) is 6.45. The number of benzene rings is 2. The minimum atomic E-state index is -0.0905. The van der Waals surface area contributed by atoms with Crippen molar-refractivity contribution in [2.24, 2.45) is 4.99 Å². The van der Waals surface area contributed by atoms with E-state index < -0.39 is 0 Å². The number of aryl methyl sites for hydroxylation is 1. The Morgan fingerprint density at radius 2 is 1.50 bits per heavy atom. The summed E-state index contributed by atoms with van der Waals surface area (Å²) in [5, 5.41) is 9.32. The van der Waals surface area contributed by atoms with Gasteiger partial charge in [-0.15, -0.1) is 0 Å². The molecule has 0 atom stereocenters. The van der Waals surface area contributed by atoms with Gasteiger partial charge >= 0.3 is 0 Å². The Morgan fingerprint density at radius 3 is 2.06 bits per heavy atom. The zero-order chi connectivity index (χ0) is 25.4. The lowest BCUT2D eigenvalue weighted by atomic mass is 10.00. The summed E-state index contributed by atoms with van der Waals surface area (Å²) < 4.78 is 22.8. The molecule has 0 bridgehead atoms. The molecular formula is C26H34Cl2N2O5S. The lowest BCUT2D eigenvalue weighted by Gasteiger charge is -2.18. The summed E-state index contributed by atoms with van der Waals surface area (Å²) in [4.78, 5) is 4.20. The fourth-order valence-corrected chi connectivity index (χ4v) is 4.56. The first-order chi connectivity index (χ1) is 17.0. The predicted molar refractivity (Wildman–Crippen MR) is 153 cm³/mol. The van der Waals surface area contributed by atoms with Crippen LogP contribution in [0.25, 0.3) is 5.70 Å². The van der Waals surface area contributed by atoms with Crippen molar-refractivity contribution in [2.75, 3.05) is 41.6 Å². The summed E-state index contributed by atoms with van der Waals surface area (Å²) in [6.07, 6.45) is 6.34. The maximum atomic E-state index is 9.32. The summed E-state index contributed by atoms with van der Waals surface area (Å²) in [5.74, 6) is 2.75. The Morgan fingerprint density at radius 1 is 0.944 bits per heavy atom. The van der Waals surface area contributed by atoms with Crippen molar-refractivity contribution < 1.29 is 25.5 Å². The maximum Gasteiger partial charge on any atom is 0.161 e. The quantitative estimate of drug-likeness (QED) is 0.484. The van der Waals surface area contributed by atoms with E-state index in [1.165, 1.54) is 11.1 Å². The van der Waals surface area contributed by atoms with Crippen LogP contribution in [0.2, 0.25) is 0 Å². The summed E-state index contributed by atoms with van der Waals surface area (Å²) in [5.41, 5.74) is 7.10. The molecular weight excluding hydrogens is 523 g/mol. The number of allylic oxidation sites excluding steroid dienone is 1. The molecule has 2 aromatic rings. The molecule has 0 aliphatic carbocycles. The highest BCUT2D eigenvalue weighted by atomic mass is 35.5. The molecule has 2 aromatic carbocycles. The van der Waals surface area contributed by atoms with E-state index in [0.29, 0.717) is 23.0 Å². The predicted octanol–water partition coefficient (Wildman–Crippen LogP) is 5.56. The van der Waals surface area contributed by atoms with E-state index >= 15 is 0 Å². The first-order valence-electron chi connectivity index (χ1n) is 11.1. The average Bonchev–Trinajstić information content (AvgIpc) is 3.19. The summed E-state index contributed by atoms with van der Waals surface area (Å²) in [6, 6.07) is 7.69. The van der Waals surface area contributed by atoms with Gasteiger partial charge in [-0.25, -0.2) is 0 Å². The molecule has 198 valence electrons. The van der Waals surface area contributed by atoms with Gasteiger partial charge in [0.2, 0.25) is 0 Å². The SMILES string of the molecule is COc1cc2c(cc1OC)/C(=C/Cl)N(Cl)CCC2.COc1cc2c(cc1OC)C(CO)=NC=CC2.S.[3HH]. The van der Waals surface area contributed by atoms with Crippen molar-refractivity contribution in [1.29, 1.82) is 0 Å². The third-order valence-electron chi connectivity index (χ3n) is 5.79. The number of aliphatic hydroxyl groups excluding tert-OH is 1. The van der Waals surface area contributed by atoms with Gasteiger partial charge in [0.25, 0.3) is 0 Å². The molecule has 10 heteroatoms. The van der Waals surface area contributed by atoms with Crippen LogP contribution in [0, 0.1) is 0 Å². The van der Waals surface area contributed by atoms with E-state index in [0.717, 1.165) is 53.9 Å². The van der Waals surface area contributed by atoms with Gasteiger partial charge in [0, 0.05) is 42.6 Å². The lowest BCUT2D eigenvalue weighted by Crippen LogP contribution is -2.09. The molecule has 0 unspecified atom stereocenters. The van der Waals surface area contributed by atoms with Gasteiger partial charge in [-0.3, -0.25) is 9.41 Å². The fraction of sp³-hybridized carbons (Fsp3) is 0.346. The molecule has 0 saturated carbocycles. The van der Waals surface area contributed by atoms with E-state index in [9.17, 15) is 5.11 Å². The third-order valence-corrected chi connectivity index (χ3v) is 6.35. The Balaban J connectivity index is 0.000000351. The molecule has 0 spiro atoms. The highest BCUT2D eigenvalue weighted by Gasteiger charge is 2.21. The second-order valence-corrected chi connectivity index (χ2v) is 8.36. The average molecular weight is 560 g/mol. The van der Waals surface area contributed by atoms with Gasteiger partial charge in [0.05, 0.1) is 46.5 Å². The van der Waals surface area contributed by atoms with Crippen molar-refractivity contribution in [2.45, 2.75) is 19.3 Å². The smallest absolute Gasteiger partial charge is 0.161 e. The van der Waals surface area contributed by atoms with E-state index in [1.807, 2.05) is 30.3 Å². The zero-order valence-corrected chi connectivity index (χ0v) is 23.3. The number of rotatable bonds is 5. The van der Waals surface area contributed by atoms with Crippen LogP contribution < -0.4 is 18.9 Å². The van der Waals surface area contributed by atoms with Gasteiger partial charge in [-0.2, -0.15) is 13.5 Å². The van der Waals surface area contributed by atoms with Crippen LogP contribution in [0.3, 0.4) is 0 Å². The van der Waals surface area contributed by atoms with Crippen LogP contribution >= 0.6 is 36.9 Å².